The van der Waals surface area contributed by atoms with Gasteiger partial charge in [-0.25, -0.2) is 9.69 Å². The molecular weight excluding hydrogens is 476 g/mol. The molecule has 2 N–H and O–H groups in total. The molecule has 0 unspecified atom stereocenters. The molecule has 1 saturated carbocycles. The van der Waals surface area contributed by atoms with Gasteiger partial charge >= 0.3 is 6.03 Å². The van der Waals surface area contributed by atoms with Crippen LogP contribution in [-0.2, 0) is 30.5 Å². The number of rotatable bonds is 7. The van der Waals surface area contributed by atoms with Crippen molar-refractivity contribution in [2.45, 2.75) is 45.2 Å². The average molecular weight is 511 g/mol. The average Bonchev–Trinajstić information content (AvgIpc) is 3.11. The number of ether oxygens (including phenoxy) is 1. The Morgan fingerprint density at radius 1 is 1.11 bits per heavy atom. The van der Waals surface area contributed by atoms with Gasteiger partial charge in [0.05, 0.1) is 18.4 Å². The van der Waals surface area contributed by atoms with E-state index in [1.165, 1.54) is 21.1 Å². The van der Waals surface area contributed by atoms with Gasteiger partial charge in [0.25, 0.3) is 5.91 Å². The molecule has 0 radical (unpaired) electrons. The molecule has 10 heteroatoms. The third-order valence-electron chi connectivity index (χ3n) is 7.97. The number of imide groups is 2. The van der Waals surface area contributed by atoms with E-state index >= 15 is 0 Å². The Bertz CT molecular complexity index is 1150. The fourth-order valence-electron chi connectivity index (χ4n) is 6.14. The number of fused-ring (bicyclic) bond motifs is 3. The number of nitrogens with zero attached hydrogens (tertiary/aromatic N) is 2. The molecule has 0 spiro atoms. The summed E-state index contributed by atoms with van der Waals surface area (Å²) in [5, 5.41) is 5.57. The van der Waals surface area contributed by atoms with Gasteiger partial charge < -0.3 is 15.4 Å². The van der Waals surface area contributed by atoms with Gasteiger partial charge in [0.15, 0.2) is 0 Å². The van der Waals surface area contributed by atoms with Gasteiger partial charge in [-0.1, -0.05) is 42.8 Å². The van der Waals surface area contributed by atoms with Gasteiger partial charge in [-0.15, -0.1) is 0 Å². The molecule has 2 heterocycles. The summed E-state index contributed by atoms with van der Waals surface area (Å²) in [5.74, 6) is -4.03. The van der Waals surface area contributed by atoms with Crippen LogP contribution in [0.2, 0.25) is 0 Å². The number of likely N-dealkylation sites (tertiary alicyclic amines) is 1. The largest absolute Gasteiger partial charge is 0.383 e. The first kappa shape index (κ1) is 26.5. The predicted molar refractivity (Wildman–Crippen MR) is 134 cm³/mol. The van der Waals surface area contributed by atoms with Crippen LogP contribution in [0.25, 0.3) is 0 Å². The summed E-state index contributed by atoms with van der Waals surface area (Å²) in [7, 11) is 2.94. The molecule has 3 aliphatic rings. The maximum absolute atomic E-state index is 14.0. The van der Waals surface area contributed by atoms with Crippen LogP contribution >= 0.6 is 0 Å². The fourth-order valence-corrected chi connectivity index (χ4v) is 6.14. The fraction of sp³-hybridized carbons (Fsp3) is 0.519. The van der Waals surface area contributed by atoms with Crippen LogP contribution < -0.4 is 10.6 Å². The molecule has 1 aromatic carbocycles. The van der Waals surface area contributed by atoms with Gasteiger partial charge in [-0.3, -0.25) is 24.1 Å². The zero-order chi connectivity index (χ0) is 26.9. The Kier molecular flexibility index (Phi) is 7.49. The highest BCUT2D eigenvalue weighted by Gasteiger charge is 2.65. The number of amides is 6. The van der Waals surface area contributed by atoms with Crippen LogP contribution in [0.5, 0.6) is 0 Å². The molecule has 37 heavy (non-hydrogen) atoms. The van der Waals surface area contributed by atoms with Crippen molar-refractivity contribution in [1.29, 1.82) is 0 Å². The van der Waals surface area contributed by atoms with Gasteiger partial charge in [-0.05, 0) is 31.7 Å². The lowest BCUT2D eigenvalue weighted by Crippen LogP contribution is -2.71. The molecule has 2 fully saturated rings. The van der Waals surface area contributed by atoms with Crippen molar-refractivity contribution in [3.63, 3.8) is 0 Å². The topological polar surface area (TPSA) is 125 Å². The van der Waals surface area contributed by atoms with Crippen molar-refractivity contribution < 1.29 is 28.7 Å². The molecule has 1 aliphatic carbocycles. The van der Waals surface area contributed by atoms with Crippen molar-refractivity contribution in [1.82, 2.24) is 20.4 Å². The molecule has 1 aromatic rings. The lowest BCUT2D eigenvalue weighted by molar-refractivity contribution is -0.150. The second-order valence-corrected chi connectivity index (χ2v) is 9.92. The number of carbonyl (C=O) groups is 5. The highest BCUT2D eigenvalue weighted by Crippen LogP contribution is 2.53. The Balaban J connectivity index is 1.82. The smallest absolute Gasteiger partial charge is 0.325 e. The molecule has 0 aromatic heterocycles. The van der Waals surface area contributed by atoms with Crippen LogP contribution in [0, 0.1) is 17.8 Å². The van der Waals surface area contributed by atoms with E-state index in [1.807, 2.05) is 37.3 Å². The third-order valence-corrected chi connectivity index (χ3v) is 7.97. The van der Waals surface area contributed by atoms with Gasteiger partial charge in [0.1, 0.15) is 5.54 Å². The maximum Gasteiger partial charge on any atom is 0.325 e. The number of urea groups is 1. The number of nitrogens with one attached hydrogen (secondary N) is 2. The number of benzene rings is 1. The van der Waals surface area contributed by atoms with E-state index in [0.717, 1.165) is 15.4 Å². The van der Waals surface area contributed by atoms with E-state index < -0.39 is 41.1 Å². The zero-order valence-electron chi connectivity index (χ0n) is 21.7. The summed E-state index contributed by atoms with van der Waals surface area (Å²) >= 11 is 0. The van der Waals surface area contributed by atoms with Crippen LogP contribution in [0.3, 0.4) is 0 Å². The minimum atomic E-state index is -1.73. The predicted octanol–water partition coefficient (Wildman–Crippen LogP) is 1.61. The molecule has 198 valence electrons. The molecule has 4 atom stereocenters. The quantitative estimate of drug-likeness (QED) is 0.424. The SMILES string of the molecule is CCC1=C2CC[C@H]3C(=O)N(C)C(=O)[C@H]3[C@H]2[C@@](C)(C(=O)NCc2ccccc2)N(C(=O)NCCOC)C1=O. The summed E-state index contributed by atoms with van der Waals surface area (Å²) in [4.78, 5) is 69.8. The van der Waals surface area contributed by atoms with Crippen molar-refractivity contribution in [3.8, 4) is 0 Å². The molecule has 6 amide bonds. The van der Waals surface area contributed by atoms with E-state index in [9.17, 15) is 24.0 Å². The summed E-state index contributed by atoms with van der Waals surface area (Å²) in [6.07, 6.45) is 1.17. The second kappa shape index (κ2) is 10.5. The Hall–Kier alpha value is -3.53. The van der Waals surface area contributed by atoms with E-state index in [4.69, 9.17) is 4.74 Å². The second-order valence-electron chi connectivity index (χ2n) is 9.92. The normalized spacial score (nSPS) is 27.2. The minimum Gasteiger partial charge on any atom is -0.383 e. The highest BCUT2D eigenvalue weighted by molar-refractivity contribution is 6.12. The van der Waals surface area contributed by atoms with E-state index in [1.54, 1.807) is 0 Å². The number of carbonyl (C=O) groups excluding carboxylic acids is 5. The van der Waals surface area contributed by atoms with Gasteiger partial charge in [0.2, 0.25) is 17.7 Å². The van der Waals surface area contributed by atoms with Crippen LogP contribution in [-0.4, -0.2) is 72.3 Å². The van der Waals surface area contributed by atoms with Crippen molar-refractivity contribution in [3.05, 3.63) is 47.0 Å². The van der Waals surface area contributed by atoms with Crippen LogP contribution in [0.1, 0.15) is 38.7 Å². The maximum atomic E-state index is 14.0. The first-order chi connectivity index (χ1) is 17.7. The Morgan fingerprint density at radius 2 is 1.81 bits per heavy atom. The van der Waals surface area contributed by atoms with Crippen molar-refractivity contribution in [2.24, 2.45) is 17.8 Å². The molecule has 0 bridgehead atoms. The molecule has 4 rings (SSSR count). The monoisotopic (exact) mass is 510 g/mol. The van der Waals surface area contributed by atoms with E-state index in [2.05, 4.69) is 10.6 Å². The molecule has 10 nitrogen and oxygen atoms in total. The highest BCUT2D eigenvalue weighted by atomic mass is 16.5. The lowest BCUT2D eigenvalue weighted by Gasteiger charge is -2.52. The number of methoxy groups -OCH3 is 1. The van der Waals surface area contributed by atoms with Gasteiger partial charge in [0, 0.05) is 38.7 Å². The van der Waals surface area contributed by atoms with E-state index in [0.29, 0.717) is 30.4 Å². The van der Waals surface area contributed by atoms with Gasteiger partial charge in [-0.2, -0.15) is 0 Å². The molecule has 1 saturated heterocycles. The summed E-state index contributed by atoms with van der Waals surface area (Å²) in [6.45, 7) is 3.89. The van der Waals surface area contributed by atoms with Crippen LogP contribution in [0.15, 0.2) is 41.5 Å². The summed E-state index contributed by atoms with van der Waals surface area (Å²) in [6, 6.07) is 8.54. The van der Waals surface area contributed by atoms with Crippen molar-refractivity contribution in [2.75, 3.05) is 27.3 Å². The number of hydrogen-bond acceptors (Lipinski definition) is 6. The van der Waals surface area contributed by atoms with Crippen LogP contribution in [0.4, 0.5) is 4.79 Å². The standard InChI is InChI=1S/C27H34N4O6/c1-5-17-18-11-12-19-20(24(34)30(3)22(19)32)21(18)27(2,25(35)29-15-16-9-7-6-8-10-16)31(23(17)33)26(36)28-13-14-37-4/h6-10,19-21H,5,11-15H2,1-4H3,(H,28,36)(H,29,35)/t19-,20-,21+,27+/m1/s1. The Morgan fingerprint density at radius 3 is 2.46 bits per heavy atom. The lowest BCUT2D eigenvalue weighted by atomic mass is 9.59. The third kappa shape index (κ3) is 4.33. The van der Waals surface area contributed by atoms with E-state index in [-0.39, 0.29) is 31.5 Å². The first-order valence-corrected chi connectivity index (χ1v) is 12.6. The zero-order valence-corrected chi connectivity index (χ0v) is 21.7. The van der Waals surface area contributed by atoms with Crippen molar-refractivity contribution >= 4 is 29.7 Å². The number of hydrogen-bond donors (Lipinski definition) is 2. The molecule has 2 aliphatic heterocycles. The summed E-state index contributed by atoms with van der Waals surface area (Å²) < 4.78 is 5.02. The Labute approximate surface area is 216 Å². The summed E-state index contributed by atoms with van der Waals surface area (Å²) in [5.41, 5.74) is 0.231. The minimum absolute atomic E-state index is 0.135. The molecular formula is C27H34N4O6. The first-order valence-electron chi connectivity index (χ1n) is 12.6.